The maximum atomic E-state index is 9.31. The number of aromatic hydroxyl groups is 2. The van der Waals surface area contributed by atoms with Crippen LogP contribution in [0.2, 0.25) is 0 Å². The van der Waals surface area contributed by atoms with E-state index in [0.717, 1.165) is 12.1 Å². The van der Waals surface area contributed by atoms with E-state index in [-0.39, 0.29) is 11.5 Å². The summed E-state index contributed by atoms with van der Waals surface area (Å²) in [5.74, 6) is -0.148. The Kier molecular flexibility index (Phi) is 4.58. The zero-order chi connectivity index (χ0) is 12.1. The van der Waals surface area contributed by atoms with Gasteiger partial charge in [-0.1, -0.05) is 6.07 Å². The fraction of sp³-hybridized carbons (Fsp3) is 0.500. The first-order chi connectivity index (χ1) is 7.50. The van der Waals surface area contributed by atoms with Crippen LogP contribution in [0, 0.1) is 0 Å². The minimum absolute atomic E-state index is 0.0695. The molecule has 4 nitrogen and oxygen atoms in total. The van der Waals surface area contributed by atoms with Gasteiger partial charge in [-0.05, 0) is 38.7 Å². The summed E-state index contributed by atoms with van der Waals surface area (Å²) < 4.78 is 0. The molecule has 0 radical (unpaired) electrons. The third kappa shape index (κ3) is 3.72. The van der Waals surface area contributed by atoms with E-state index in [9.17, 15) is 5.11 Å². The van der Waals surface area contributed by atoms with Crippen LogP contribution < -0.4 is 5.32 Å². The molecule has 0 fully saturated rings. The van der Waals surface area contributed by atoms with Gasteiger partial charge in [0.15, 0.2) is 11.5 Å². The van der Waals surface area contributed by atoms with Gasteiger partial charge >= 0.3 is 0 Å². The molecule has 1 atom stereocenters. The molecule has 16 heavy (non-hydrogen) atoms. The van der Waals surface area contributed by atoms with Crippen LogP contribution in [-0.4, -0.2) is 41.8 Å². The van der Waals surface area contributed by atoms with Crippen molar-refractivity contribution >= 4 is 0 Å². The van der Waals surface area contributed by atoms with Crippen molar-refractivity contribution in [3.63, 3.8) is 0 Å². The summed E-state index contributed by atoms with van der Waals surface area (Å²) >= 11 is 0. The van der Waals surface area contributed by atoms with Crippen LogP contribution in [0.4, 0.5) is 0 Å². The maximum absolute atomic E-state index is 9.31. The molecule has 0 aliphatic rings. The zero-order valence-corrected chi connectivity index (χ0v) is 10.1. The van der Waals surface area contributed by atoms with Gasteiger partial charge in [-0.15, -0.1) is 0 Å². The number of benzene rings is 1. The largest absolute Gasteiger partial charge is 0.504 e. The Bertz CT molecular complexity index is 340. The van der Waals surface area contributed by atoms with Crippen molar-refractivity contribution in [2.45, 2.75) is 19.5 Å². The van der Waals surface area contributed by atoms with Crippen molar-refractivity contribution in [3.8, 4) is 11.5 Å². The van der Waals surface area contributed by atoms with Crippen molar-refractivity contribution in [1.29, 1.82) is 0 Å². The minimum Gasteiger partial charge on any atom is -0.504 e. The van der Waals surface area contributed by atoms with Crippen LogP contribution in [0.3, 0.4) is 0 Å². The van der Waals surface area contributed by atoms with Gasteiger partial charge in [-0.3, -0.25) is 0 Å². The lowest BCUT2D eigenvalue weighted by Crippen LogP contribution is -2.35. The fourth-order valence-corrected chi connectivity index (χ4v) is 1.29. The average molecular weight is 224 g/mol. The summed E-state index contributed by atoms with van der Waals surface area (Å²) in [5.41, 5.74) is 0.959. The Morgan fingerprint density at radius 3 is 2.50 bits per heavy atom. The number of nitrogens with one attached hydrogen (secondary N) is 1. The second-order valence-electron chi connectivity index (χ2n) is 4.27. The van der Waals surface area contributed by atoms with Crippen molar-refractivity contribution in [1.82, 2.24) is 10.2 Å². The standard InChI is InChI=1S/C12H20N2O2/c1-9(14(2)3)7-13-8-10-4-5-11(15)12(16)6-10/h4-6,9,13,15-16H,7-8H2,1-3H3. The quantitative estimate of drug-likeness (QED) is 0.656. The number of rotatable bonds is 5. The van der Waals surface area contributed by atoms with E-state index in [1.165, 1.54) is 6.07 Å². The van der Waals surface area contributed by atoms with Gasteiger partial charge in [-0.25, -0.2) is 0 Å². The van der Waals surface area contributed by atoms with E-state index < -0.39 is 0 Å². The Hall–Kier alpha value is -1.26. The topological polar surface area (TPSA) is 55.7 Å². The summed E-state index contributed by atoms with van der Waals surface area (Å²) in [6, 6.07) is 5.33. The van der Waals surface area contributed by atoms with E-state index in [0.29, 0.717) is 12.6 Å². The summed E-state index contributed by atoms with van der Waals surface area (Å²) in [5, 5.41) is 21.8. The molecular weight excluding hydrogens is 204 g/mol. The Morgan fingerprint density at radius 2 is 1.94 bits per heavy atom. The van der Waals surface area contributed by atoms with E-state index in [4.69, 9.17) is 5.11 Å². The predicted molar refractivity (Wildman–Crippen MR) is 64.6 cm³/mol. The fourth-order valence-electron chi connectivity index (χ4n) is 1.29. The van der Waals surface area contributed by atoms with Gasteiger partial charge in [0.1, 0.15) is 0 Å². The predicted octanol–water partition coefficient (Wildman–Crippen LogP) is 1.14. The summed E-state index contributed by atoms with van der Waals surface area (Å²) in [7, 11) is 4.08. The normalized spacial score (nSPS) is 13.0. The van der Waals surface area contributed by atoms with Gasteiger partial charge in [0.25, 0.3) is 0 Å². The van der Waals surface area contributed by atoms with E-state index in [1.54, 1.807) is 12.1 Å². The average Bonchev–Trinajstić information content (AvgIpc) is 2.23. The minimum atomic E-state index is -0.0783. The second-order valence-corrected chi connectivity index (χ2v) is 4.27. The first-order valence-corrected chi connectivity index (χ1v) is 5.38. The monoisotopic (exact) mass is 224 g/mol. The summed E-state index contributed by atoms with van der Waals surface area (Å²) in [6.45, 7) is 3.71. The highest BCUT2D eigenvalue weighted by atomic mass is 16.3. The molecule has 0 heterocycles. The van der Waals surface area contributed by atoms with Crippen LogP contribution in [0.5, 0.6) is 11.5 Å². The van der Waals surface area contributed by atoms with Gasteiger partial charge < -0.3 is 20.4 Å². The zero-order valence-electron chi connectivity index (χ0n) is 10.1. The molecule has 0 bridgehead atoms. The second kappa shape index (κ2) is 5.72. The molecule has 0 aliphatic heterocycles. The van der Waals surface area contributed by atoms with Gasteiger partial charge in [0, 0.05) is 19.1 Å². The van der Waals surface area contributed by atoms with E-state index in [2.05, 4.69) is 17.1 Å². The van der Waals surface area contributed by atoms with Crippen LogP contribution in [0.15, 0.2) is 18.2 Å². The molecule has 3 N–H and O–H groups in total. The molecule has 4 heteroatoms. The highest BCUT2D eigenvalue weighted by Gasteiger charge is 2.04. The third-order valence-electron chi connectivity index (χ3n) is 2.69. The molecule has 0 aliphatic carbocycles. The molecule has 0 amide bonds. The molecule has 1 aromatic carbocycles. The molecular formula is C12H20N2O2. The van der Waals surface area contributed by atoms with E-state index >= 15 is 0 Å². The number of phenolic OH excluding ortho intramolecular Hbond substituents is 2. The molecule has 1 rings (SSSR count). The maximum Gasteiger partial charge on any atom is 0.157 e. The molecule has 0 aromatic heterocycles. The summed E-state index contributed by atoms with van der Waals surface area (Å²) in [6.07, 6.45) is 0. The van der Waals surface area contributed by atoms with Crippen LogP contribution >= 0.6 is 0 Å². The Labute approximate surface area is 96.5 Å². The van der Waals surface area contributed by atoms with Gasteiger partial charge in [0.2, 0.25) is 0 Å². The Balaban J connectivity index is 2.40. The summed E-state index contributed by atoms with van der Waals surface area (Å²) in [4.78, 5) is 2.14. The number of hydrogen-bond acceptors (Lipinski definition) is 4. The molecule has 90 valence electrons. The lowest BCUT2D eigenvalue weighted by atomic mass is 10.2. The molecule has 0 saturated heterocycles. The Morgan fingerprint density at radius 1 is 1.25 bits per heavy atom. The van der Waals surface area contributed by atoms with Crippen molar-refractivity contribution in [2.75, 3.05) is 20.6 Å². The third-order valence-corrected chi connectivity index (χ3v) is 2.69. The van der Waals surface area contributed by atoms with Crippen LogP contribution in [0.25, 0.3) is 0 Å². The van der Waals surface area contributed by atoms with Crippen LogP contribution in [0.1, 0.15) is 12.5 Å². The molecule has 1 aromatic rings. The lowest BCUT2D eigenvalue weighted by molar-refractivity contribution is 0.302. The molecule has 0 spiro atoms. The molecule has 1 unspecified atom stereocenters. The number of nitrogens with zero attached hydrogens (tertiary/aromatic N) is 1. The SMILES string of the molecule is CC(CNCc1ccc(O)c(O)c1)N(C)C. The van der Waals surface area contributed by atoms with Crippen molar-refractivity contribution < 1.29 is 10.2 Å². The number of likely N-dealkylation sites (N-methyl/N-ethyl adjacent to an activating group) is 1. The first kappa shape index (κ1) is 12.8. The smallest absolute Gasteiger partial charge is 0.157 e. The number of phenols is 2. The highest BCUT2D eigenvalue weighted by Crippen LogP contribution is 2.24. The van der Waals surface area contributed by atoms with Crippen LogP contribution in [-0.2, 0) is 6.54 Å². The van der Waals surface area contributed by atoms with Crippen molar-refractivity contribution in [3.05, 3.63) is 23.8 Å². The lowest BCUT2D eigenvalue weighted by Gasteiger charge is -2.20. The van der Waals surface area contributed by atoms with Crippen molar-refractivity contribution in [2.24, 2.45) is 0 Å². The molecule has 0 saturated carbocycles. The van der Waals surface area contributed by atoms with Gasteiger partial charge in [-0.2, -0.15) is 0 Å². The van der Waals surface area contributed by atoms with Gasteiger partial charge in [0.05, 0.1) is 0 Å². The highest BCUT2D eigenvalue weighted by molar-refractivity contribution is 5.40. The number of hydrogen-bond donors (Lipinski definition) is 3. The first-order valence-electron chi connectivity index (χ1n) is 5.38. The van der Waals surface area contributed by atoms with E-state index in [1.807, 2.05) is 14.1 Å².